The molecule has 0 aliphatic heterocycles. The van der Waals surface area contributed by atoms with Crippen LogP contribution >= 0.6 is 0 Å². The first-order valence-corrected chi connectivity index (χ1v) is 9.18. The van der Waals surface area contributed by atoms with E-state index in [9.17, 15) is 4.79 Å². The van der Waals surface area contributed by atoms with E-state index in [4.69, 9.17) is 4.74 Å². The summed E-state index contributed by atoms with van der Waals surface area (Å²) in [5, 5.41) is 6.36. The zero-order chi connectivity index (χ0) is 18.4. The number of methoxy groups -OCH3 is 1. The molecule has 0 radical (unpaired) electrons. The maximum Gasteiger partial charge on any atom is 0.270 e. The number of rotatable bonds is 7. The van der Waals surface area contributed by atoms with Crippen molar-refractivity contribution in [2.45, 2.75) is 45.1 Å². The number of ether oxygens (including phenoxy) is 1. The molecular weight excluding hydrogens is 328 g/mol. The normalized spacial score (nSPS) is 14.2. The van der Waals surface area contributed by atoms with Crippen molar-refractivity contribution in [3.8, 4) is 5.75 Å². The number of carbonyl (C=O) groups is 1. The predicted octanol–water partition coefficient (Wildman–Crippen LogP) is 3.12. The number of para-hydroxylation sites is 1. The molecule has 138 valence electrons. The molecule has 6 heteroatoms. The molecule has 2 aromatic rings. The molecule has 0 bridgehead atoms. The summed E-state index contributed by atoms with van der Waals surface area (Å²) in [7, 11) is 1.65. The van der Waals surface area contributed by atoms with Gasteiger partial charge in [-0.1, -0.05) is 31.0 Å². The minimum absolute atomic E-state index is 0.181. The van der Waals surface area contributed by atoms with E-state index in [1.165, 1.54) is 12.8 Å². The highest BCUT2D eigenvalue weighted by Gasteiger charge is 2.17. The Hall–Kier alpha value is -2.63. The lowest BCUT2D eigenvalue weighted by molar-refractivity contribution is 0.0948. The van der Waals surface area contributed by atoms with Crippen molar-refractivity contribution in [2.24, 2.45) is 0 Å². The Morgan fingerprint density at radius 2 is 2.00 bits per heavy atom. The van der Waals surface area contributed by atoms with Crippen LogP contribution in [0.15, 0.2) is 30.3 Å². The Kier molecular flexibility index (Phi) is 6.04. The first kappa shape index (κ1) is 18.2. The second-order valence-electron chi connectivity index (χ2n) is 6.63. The molecule has 3 rings (SSSR count). The van der Waals surface area contributed by atoms with Gasteiger partial charge in [0.2, 0.25) is 0 Å². The van der Waals surface area contributed by atoms with Crippen molar-refractivity contribution >= 4 is 11.7 Å². The third kappa shape index (κ3) is 4.71. The highest BCUT2D eigenvalue weighted by Crippen LogP contribution is 2.22. The maximum absolute atomic E-state index is 12.5. The molecule has 1 heterocycles. The van der Waals surface area contributed by atoms with Crippen molar-refractivity contribution in [2.75, 3.05) is 19.0 Å². The minimum Gasteiger partial charge on any atom is -0.496 e. The van der Waals surface area contributed by atoms with Gasteiger partial charge < -0.3 is 15.4 Å². The lowest BCUT2D eigenvalue weighted by Crippen LogP contribution is -2.27. The van der Waals surface area contributed by atoms with Gasteiger partial charge >= 0.3 is 0 Å². The van der Waals surface area contributed by atoms with Crippen LogP contribution in [0.2, 0.25) is 0 Å². The van der Waals surface area contributed by atoms with Gasteiger partial charge in [0.1, 0.15) is 23.1 Å². The molecule has 1 aromatic heterocycles. The lowest BCUT2D eigenvalue weighted by Gasteiger charge is -2.14. The number of amides is 1. The molecule has 0 atom stereocenters. The van der Waals surface area contributed by atoms with Crippen LogP contribution in [0, 0.1) is 6.92 Å². The number of anilines is 1. The number of aryl methyl sites for hydroxylation is 1. The summed E-state index contributed by atoms with van der Waals surface area (Å²) in [4.78, 5) is 21.2. The molecule has 1 aliphatic carbocycles. The lowest BCUT2D eigenvalue weighted by atomic mass is 10.1. The average Bonchev–Trinajstić information content (AvgIpc) is 3.14. The van der Waals surface area contributed by atoms with Gasteiger partial charge in [-0.15, -0.1) is 0 Å². The first-order valence-electron chi connectivity index (χ1n) is 9.18. The minimum atomic E-state index is -0.181. The molecule has 6 nitrogen and oxygen atoms in total. The van der Waals surface area contributed by atoms with E-state index in [1.807, 2.05) is 31.2 Å². The quantitative estimate of drug-likeness (QED) is 0.799. The number of carbonyl (C=O) groups excluding carboxylic acids is 1. The smallest absolute Gasteiger partial charge is 0.270 e. The Morgan fingerprint density at radius 1 is 1.23 bits per heavy atom. The largest absolute Gasteiger partial charge is 0.496 e. The van der Waals surface area contributed by atoms with E-state index in [2.05, 4.69) is 20.6 Å². The number of nitrogens with one attached hydrogen (secondary N) is 2. The summed E-state index contributed by atoms with van der Waals surface area (Å²) >= 11 is 0. The number of benzene rings is 1. The van der Waals surface area contributed by atoms with Crippen LogP contribution < -0.4 is 15.4 Å². The van der Waals surface area contributed by atoms with Gasteiger partial charge in [-0.3, -0.25) is 4.79 Å². The Balaban J connectivity index is 1.59. The summed E-state index contributed by atoms with van der Waals surface area (Å²) in [5.41, 5.74) is 1.47. The molecule has 1 aromatic carbocycles. The average molecular weight is 354 g/mol. The molecular formula is C20H26N4O2. The fraction of sp³-hybridized carbons (Fsp3) is 0.450. The molecule has 0 saturated heterocycles. The number of aromatic nitrogens is 2. The highest BCUT2D eigenvalue weighted by molar-refractivity contribution is 5.92. The summed E-state index contributed by atoms with van der Waals surface area (Å²) in [6.45, 7) is 2.33. The summed E-state index contributed by atoms with van der Waals surface area (Å²) < 4.78 is 5.34. The topological polar surface area (TPSA) is 76.1 Å². The molecule has 0 spiro atoms. The standard InChI is InChI=1S/C20H26N4O2/c1-14-22-17(13-19(23-14)24-16-8-4-5-9-16)20(25)21-12-11-15-7-3-6-10-18(15)26-2/h3,6-7,10,13,16H,4-5,8-9,11-12H2,1-2H3,(H,21,25)(H,22,23,24). The van der Waals surface area contributed by atoms with Crippen LogP contribution in [0.4, 0.5) is 5.82 Å². The fourth-order valence-corrected chi connectivity index (χ4v) is 3.35. The van der Waals surface area contributed by atoms with E-state index in [0.29, 0.717) is 30.5 Å². The summed E-state index contributed by atoms with van der Waals surface area (Å²) in [5.74, 6) is 1.99. The van der Waals surface area contributed by atoms with E-state index < -0.39 is 0 Å². The molecule has 1 amide bonds. The van der Waals surface area contributed by atoms with E-state index >= 15 is 0 Å². The van der Waals surface area contributed by atoms with Gasteiger partial charge in [0, 0.05) is 18.7 Å². The number of nitrogens with zero attached hydrogens (tertiary/aromatic N) is 2. The van der Waals surface area contributed by atoms with Crippen molar-refractivity contribution < 1.29 is 9.53 Å². The second-order valence-corrected chi connectivity index (χ2v) is 6.63. The first-order chi connectivity index (χ1) is 12.7. The Morgan fingerprint density at radius 3 is 2.77 bits per heavy atom. The highest BCUT2D eigenvalue weighted by atomic mass is 16.5. The third-order valence-corrected chi connectivity index (χ3v) is 4.65. The van der Waals surface area contributed by atoms with E-state index in [1.54, 1.807) is 13.2 Å². The summed E-state index contributed by atoms with van der Waals surface area (Å²) in [6, 6.07) is 10.0. The van der Waals surface area contributed by atoms with Crippen LogP contribution in [-0.4, -0.2) is 35.6 Å². The maximum atomic E-state index is 12.5. The van der Waals surface area contributed by atoms with Crippen molar-refractivity contribution in [1.29, 1.82) is 0 Å². The van der Waals surface area contributed by atoms with Gasteiger partial charge in [0.05, 0.1) is 7.11 Å². The summed E-state index contributed by atoms with van der Waals surface area (Å²) in [6.07, 6.45) is 5.51. The van der Waals surface area contributed by atoms with Crippen LogP contribution in [0.25, 0.3) is 0 Å². The van der Waals surface area contributed by atoms with Crippen LogP contribution in [0.5, 0.6) is 5.75 Å². The van der Waals surface area contributed by atoms with Crippen LogP contribution in [0.3, 0.4) is 0 Å². The molecule has 26 heavy (non-hydrogen) atoms. The van der Waals surface area contributed by atoms with Gasteiger partial charge in [-0.05, 0) is 37.8 Å². The fourth-order valence-electron chi connectivity index (χ4n) is 3.35. The SMILES string of the molecule is COc1ccccc1CCNC(=O)c1cc(NC2CCCC2)nc(C)n1. The molecule has 0 unspecified atom stereocenters. The van der Waals surface area contributed by atoms with Crippen molar-refractivity contribution in [1.82, 2.24) is 15.3 Å². The molecule has 2 N–H and O–H groups in total. The molecule has 1 fully saturated rings. The van der Waals surface area contributed by atoms with Crippen LogP contribution in [0.1, 0.15) is 47.6 Å². The van der Waals surface area contributed by atoms with Crippen LogP contribution in [-0.2, 0) is 6.42 Å². The van der Waals surface area contributed by atoms with Gasteiger partial charge in [0.25, 0.3) is 5.91 Å². The molecule has 1 aliphatic rings. The Bertz CT molecular complexity index is 757. The number of hydrogen-bond acceptors (Lipinski definition) is 5. The van der Waals surface area contributed by atoms with Gasteiger partial charge in [-0.2, -0.15) is 0 Å². The predicted molar refractivity (Wildman–Crippen MR) is 102 cm³/mol. The Labute approximate surface area is 154 Å². The van der Waals surface area contributed by atoms with E-state index in [0.717, 1.165) is 30.0 Å². The van der Waals surface area contributed by atoms with Crippen molar-refractivity contribution in [3.63, 3.8) is 0 Å². The third-order valence-electron chi connectivity index (χ3n) is 4.65. The van der Waals surface area contributed by atoms with E-state index in [-0.39, 0.29) is 5.91 Å². The monoisotopic (exact) mass is 354 g/mol. The second kappa shape index (κ2) is 8.65. The molecule has 1 saturated carbocycles. The zero-order valence-electron chi connectivity index (χ0n) is 15.4. The zero-order valence-corrected chi connectivity index (χ0v) is 15.4. The van der Waals surface area contributed by atoms with Gasteiger partial charge in [-0.25, -0.2) is 9.97 Å². The number of hydrogen-bond donors (Lipinski definition) is 2. The van der Waals surface area contributed by atoms with Gasteiger partial charge in [0.15, 0.2) is 0 Å². The van der Waals surface area contributed by atoms with Crippen molar-refractivity contribution in [3.05, 3.63) is 47.4 Å².